The van der Waals surface area contributed by atoms with E-state index in [1.165, 1.54) is 12.8 Å². The van der Waals surface area contributed by atoms with E-state index in [1.807, 2.05) is 18.2 Å². The summed E-state index contributed by atoms with van der Waals surface area (Å²) >= 11 is 0. The monoisotopic (exact) mass is 362 g/mol. The highest BCUT2D eigenvalue weighted by atomic mass is 19.1. The summed E-state index contributed by atoms with van der Waals surface area (Å²) in [6, 6.07) is 5.54. The molecule has 1 aliphatic carbocycles. The summed E-state index contributed by atoms with van der Waals surface area (Å²) < 4.78 is 30.8. The molecule has 0 bridgehead atoms. The molecule has 26 heavy (non-hydrogen) atoms. The lowest BCUT2D eigenvalue weighted by atomic mass is 9.79. The lowest BCUT2D eigenvalue weighted by Crippen LogP contribution is -2.38. The van der Waals surface area contributed by atoms with Crippen molar-refractivity contribution >= 4 is 0 Å². The summed E-state index contributed by atoms with van der Waals surface area (Å²) in [4.78, 5) is 0. The minimum atomic E-state index is -0.155. The maximum absolute atomic E-state index is 14.0. The predicted molar refractivity (Wildman–Crippen MR) is 100 cm³/mol. The van der Waals surface area contributed by atoms with Gasteiger partial charge in [-0.1, -0.05) is 18.2 Å². The van der Waals surface area contributed by atoms with Crippen LogP contribution in [0.4, 0.5) is 4.39 Å². The number of aryl methyl sites for hydroxylation is 1. The van der Waals surface area contributed by atoms with Crippen LogP contribution >= 0.6 is 0 Å². The Bertz CT molecular complexity index is 573. The quantitative estimate of drug-likeness (QED) is 0.647. The molecule has 0 spiro atoms. The molecular weight excluding hydrogens is 331 g/mol. The second-order valence-electron chi connectivity index (χ2n) is 7.71. The van der Waals surface area contributed by atoms with Gasteiger partial charge in [-0.05, 0) is 56.1 Å². The third-order valence-corrected chi connectivity index (χ3v) is 5.82. The summed E-state index contributed by atoms with van der Waals surface area (Å²) in [6.07, 6.45) is 8.70. The molecule has 1 saturated carbocycles. The first-order valence-electron chi connectivity index (χ1n) is 9.81. The summed E-state index contributed by atoms with van der Waals surface area (Å²) in [7, 11) is 1.59. The highest BCUT2D eigenvalue weighted by molar-refractivity contribution is 5.24. The summed E-state index contributed by atoms with van der Waals surface area (Å²) in [5.74, 6) is 1.41. The molecule has 3 nitrogen and oxygen atoms in total. The van der Waals surface area contributed by atoms with Crippen molar-refractivity contribution in [1.29, 1.82) is 0 Å². The van der Waals surface area contributed by atoms with Crippen LogP contribution in [0.3, 0.4) is 0 Å². The summed E-state index contributed by atoms with van der Waals surface area (Å²) in [6.45, 7) is 5.60. The van der Waals surface area contributed by atoms with Crippen molar-refractivity contribution in [2.45, 2.75) is 51.4 Å². The van der Waals surface area contributed by atoms with Crippen LogP contribution in [0.25, 0.3) is 0 Å². The van der Waals surface area contributed by atoms with Gasteiger partial charge in [-0.15, -0.1) is 6.58 Å². The fourth-order valence-corrected chi connectivity index (χ4v) is 4.08. The maximum atomic E-state index is 14.0. The Morgan fingerprint density at radius 3 is 2.54 bits per heavy atom. The molecule has 0 radical (unpaired) electrons. The van der Waals surface area contributed by atoms with Gasteiger partial charge in [0.1, 0.15) is 5.82 Å². The molecule has 144 valence electrons. The van der Waals surface area contributed by atoms with E-state index >= 15 is 0 Å². The Hall–Kier alpha value is -1.23. The number of benzene rings is 1. The average Bonchev–Trinajstić information content (AvgIpc) is 2.69. The minimum absolute atomic E-state index is 0.0328. The number of hydrogen-bond donors (Lipinski definition) is 0. The van der Waals surface area contributed by atoms with Crippen LogP contribution in [0.2, 0.25) is 0 Å². The minimum Gasteiger partial charge on any atom is -0.380 e. The highest BCUT2D eigenvalue weighted by Gasteiger charge is 2.31. The third-order valence-electron chi connectivity index (χ3n) is 5.82. The van der Waals surface area contributed by atoms with Gasteiger partial charge in [0, 0.05) is 24.5 Å². The normalized spacial score (nSPS) is 29.5. The zero-order chi connectivity index (χ0) is 18.4. The number of rotatable bonds is 7. The van der Waals surface area contributed by atoms with Crippen molar-refractivity contribution in [3.8, 4) is 0 Å². The molecule has 1 aromatic rings. The summed E-state index contributed by atoms with van der Waals surface area (Å²) in [5, 5.41) is 0. The summed E-state index contributed by atoms with van der Waals surface area (Å²) in [5.41, 5.74) is 1.71. The number of halogens is 1. The van der Waals surface area contributed by atoms with Crippen LogP contribution in [-0.4, -0.2) is 26.6 Å². The van der Waals surface area contributed by atoms with E-state index in [1.54, 1.807) is 13.2 Å². The maximum Gasteiger partial charge on any atom is 0.160 e. The molecule has 1 aromatic carbocycles. The molecule has 0 amide bonds. The van der Waals surface area contributed by atoms with Gasteiger partial charge in [-0.3, -0.25) is 0 Å². The zero-order valence-corrected chi connectivity index (χ0v) is 15.8. The van der Waals surface area contributed by atoms with Gasteiger partial charge in [-0.25, -0.2) is 4.39 Å². The van der Waals surface area contributed by atoms with Crippen LogP contribution in [0.15, 0.2) is 30.9 Å². The fourth-order valence-electron chi connectivity index (χ4n) is 4.08. The van der Waals surface area contributed by atoms with Crippen molar-refractivity contribution < 1.29 is 18.6 Å². The van der Waals surface area contributed by atoms with Crippen molar-refractivity contribution in [3.63, 3.8) is 0 Å². The molecule has 4 heteroatoms. The Morgan fingerprint density at radius 2 is 1.92 bits per heavy atom. The third kappa shape index (κ3) is 5.15. The smallest absolute Gasteiger partial charge is 0.160 e. The van der Waals surface area contributed by atoms with Crippen molar-refractivity contribution in [3.05, 3.63) is 47.8 Å². The Kier molecular flexibility index (Phi) is 7.23. The van der Waals surface area contributed by atoms with E-state index in [9.17, 15) is 4.39 Å². The van der Waals surface area contributed by atoms with Crippen LogP contribution in [-0.2, 0) is 27.2 Å². The van der Waals surface area contributed by atoms with E-state index in [0.717, 1.165) is 50.4 Å². The van der Waals surface area contributed by atoms with Crippen molar-refractivity contribution in [1.82, 2.24) is 0 Å². The molecule has 0 N–H and O–H groups in total. The fraction of sp³-hybridized carbons (Fsp3) is 0.636. The van der Waals surface area contributed by atoms with Gasteiger partial charge in [0.15, 0.2) is 6.29 Å². The van der Waals surface area contributed by atoms with Gasteiger partial charge in [0.05, 0.1) is 19.8 Å². The average molecular weight is 362 g/mol. The predicted octanol–water partition coefficient (Wildman–Crippen LogP) is 4.89. The van der Waals surface area contributed by atoms with Crippen LogP contribution in [0, 0.1) is 23.6 Å². The van der Waals surface area contributed by atoms with Crippen molar-refractivity contribution in [2.75, 3.05) is 20.3 Å². The first-order chi connectivity index (χ1) is 12.7. The lowest BCUT2D eigenvalue weighted by Gasteiger charge is -2.37. The Morgan fingerprint density at radius 1 is 1.19 bits per heavy atom. The Labute approximate surface area is 156 Å². The number of hydrogen-bond acceptors (Lipinski definition) is 3. The Balaban J connectivity index is 1.40. The lowest BCUT2D eigenvalue weighted by molar-refractivity contribution is -0.222. The molecule has 0 unspecified atom stereocenters. The molecule has 0 aromatic heterocycles. The second-order valence-corrected chi connectivity index (χ2v) is 7.71. The second kappa shape index (κ2) is 9.63. The molecule has 2 aliphatic rings. The molecule has 1 heterocycles. The number of ether oxygens (including phenoxy) is 3. The molecule has 0 atom stereocenters. The van der Waals surface area contributed by atoms with Crippen LogP contribution < -0.4 is 0 Å². The van der Waals surface area contributed by atoms with Crippen LogP contribution in [0.1, 0.15) is 43.2 Å². The first kappa shape index (κ1) is 19.5. The highest BCUT2D eigenvalue weighted by Crippen LogP contribution is 2.36. The largest absolute Gasteiger partial charge is 0.380 e. The topological polar surface area (TPSA) is 27.7 Å². The van der Waals surface area contributed by atoms with Gasteiger partial charge in [-0.2, -0.15) is 0 Å². The molecule has 2 fully saturated rings. The van der Waals surface area contributed by atoms with Gasteiger partial charge in [0.25, 0.3) is 0 Å². The van der Waals surface area contributed by atoms with E-state index in [0.29, 0.717) is 24.0 Å². The molecule has 1 aliphatic heterocycles. The van der Waals surface area contributed by atoms with Gasteiger partial charge in [0.2, 0.25) is 0 Å². The van der Waals surface area contributed by atoms with Gasteiger partial charge >= 0.3 is 0 Å². The van der Waals surface area contributed by atoms with E-state index in [2.05, 4.69) is 6.58 Å². The molecule has 1 saturated heterocycles. The standard InChI is InChI=1S/C22H31FO3/c1-3-16-13-25-22(26-14-16)19-9-6-17(7-10-19)4-5-18-8-11-20(15-24-2)21(23)12-18/h3,8,11-12,16-17,19,22H,1,4-7,9-10,13-15H2,2H3. The molecule has 3 rings (SSSR count). The van der Waals surface area contributed by atoms with Crippen LogP contribution in [0.5, 0.6) is 0 Å². The SMILES string of the molecule is C=CC1COC(C2CCC(CCc3ccc(COC)c(F)c3)CC2)OC1. The van der Waals surface area contributed by atoms with E-state index < -0.39 is 0 Å². The number of methoxy groups -OCH3 is 1. The van der Waals surface area contributed by atoms with Gasteiger partial charge < -0.3 is 14.2 Å². The zero-order valence-electron chi connectivity index (χ0n) is 15.8. The van der Waals surface area contributed by atoms with E-state index in [-0.39, 0.29) is 12.1 Å². The first-order valence-corrected chi connectivity index (χ1v) is 9.81. The molecular formula is C22H31FO3. The van der Waals surface area contributed by atoms with Crippen molar-refractivity contribution in [2.24, 2.45) is 17.8 Å². The van der Waals surface area contributed by atoms with E-state index in [4.69, 9.17) is 14.2 Å².